The average molecular weight is 407 g/mol. The number of benzene rings is 2. The molecule has 0 atom stereocenters. The fourth-order valence-corrected chi connectivity index (χ4v) is 2.71. The van der Waals surface area contributed by atoms with Gasteiger partial charge in [0.25, 0.3) is 0 Å². The van der Waals surface area contributed by atoms with Crippen molar-refractivity contribution < 1.29 is 22.4 Å². The van der Waals surface area contributed by atoms with Gasteiger partial charge in [-0.2, -0.15) is 18.0 Å². The third-order valence-electron chi connectivity index (χ3n) is 4.17. The molecule has 3 aromatic rings. The van der Waals surface area contributed by atoms with Crippen LogP contribution in [0.15, 0.2) is 48.5 Å². The summed E-state index contributed by atoms with van der Waals surface area (Å²) in [5, 5.41) is 11.5. The van der Waals surface area contributed by atoms with Crippen molar-refractivity contribution >= 4 is 5.91 Å². The Morgan fingerprint density at radius 2 is 1.90 bits per heavy atom. The molecule has 152 valence electrons. The first-order valence-corrected chi connectivity index (χ1v) is 8.74. The van der Waals surface area contributed by atoms with Gasteiger partial charge in [0.1, 0.15) is 12.4 Å². The molecule has 0 unspecified atom stereocenters. The smallest absolute Gasteiger partial charge is 0.337 e. The van der Waals surface area contributed by atoms with Crippen molar-refractivity contribution in [3.8, 4) is 11.4 Å². The number of alkyl halides is 3. The van der Waals surface area contributed by atoms with E-state index in [9.17, 15) is 22.4 Å². The molecule has 1 aromatic heterocycles. The van der Waals surface area contributed by atoms with Crippen molar-refractivity contribution in [1.82, 2.24) is 25.1 Å². The molecule has 0 saturated heterocycles. The normalized spacial score (nSPS) is 11.5. The zero-order valence-electron chi connectivity index (χ0n) is 15.4. The topological polar surface area (TPSA) is 63.9 Å². The van der Waals surface area contributed by atoms with E-state index in [2.05, 4.69) is 15.4 Å². The minimum Gasteiger partial charge on any atom is -0.337 e. The monoisotopic (exact) mass is 407 g/mol. The van der Waals surface area contributed by atoms with E-state index in [-0.39, 0.29) is 30.4 Å². The minimum atomic E-state index is -4.49. The predicted octanol–water partition coefficient (Wildman–Crippen LogP) is 3.55. The summed E-state index contributed by atoms with van der Waals surface area (Å²) < 4.78 is 51.9. The van der Waals surface area contributed by atoms with Crippen LogP contribution < -0.4 is 0 Å². The highest BCUT2D eigenvalue weighted by molar-refractivity contribution is 5.75. The molecule has 0 aliphatic carbocycles. The number of aromatic nitrogens is 4. The third-order valence-corrected chi connectivity index (χ3v) is 4.17. The zero-order chi connectivity index (χ0) is 21.0. The third kappa shape index (κ3) is 5.15. The highest BCUT2D eigenvalue weighted by Crippen LogP contribution is 2.31. The molecule has 2 aromatic carbocycles. The lowest BCUT2D eigenvalue weighted by atomic mass is 10.1. The molecule has 0 fully saturated rings. The molecular weight excluding hydrogens is 390 g/mol. The van der Waals surface area contributed by atoms with Gasteiger partial charge in [0.15, 0.2) is 0 Å². The predicted molar refractivity (Wildman–Crippen MR) is 95.7 cm³/mol. The van der Waals surface area contributed by atoms with Crippen LogP contribution in [0.2, 0.25) is 0 Å². The van der Waals surface area contributed by atoms with Crippen LogP contribution in [0.5, 0.6) is 0 Å². The second kappa shape index (κ2) is 8.38. The maximum atomic E-state index is 13.3. The van der Waals surface area contributed by atoms with Crippen LogP contribution in [0.25, 0.3) is 11.4 Å². The lowest BCUT2D eigenvalue weighted by Gasteiger charge is -2.20. The van der Waals surface area contributed by atoms with Gasteiger partial charge in [-0.05, 0) is 42.0 Å². The Bertz CT molecular complexity index is 1000. The first-order valence-electron chi connectivity index (χ1n) is 8.74. The molecule has 0 spiro atoms. The second-order valence-electron chi connectivity index (χ2n) is 6.26. The fourth-order valence-electron chi connectivity index (χ4n) is 2.71. The zero-order valence-corrected chi connectivity index (χ0v) is 15.4. The summed E-state index contributed by atoms with van der Waals surface area (Å²) in [4.78, 5) is 15.0. The number of halogens is 4. The number of rotatable bonds is 6. The highest BCUT2D eigenvalue weighted by Gasteiger charge is 2.30. The van der Waals surface area contributed by atoms with E-state index in [1.165, 1.54) is 29.2 Å². The van der Waals surface area contributed by atoms with Gasteiger partial charge in [-0.15, -0.1) is 10.2 Å². The lowest BCUT2D eigenvalue weighted by molar-refractivity contribution is -0.137. The van der Waals surface area contributed by atoms with Crippen LogP contribution in [-0.4, -0.2) is 37.6 Å². The Morgan fingerprint density at radius 3 is 2.59 bits per heavy atom. The van der Waals surface area contributed by atoms with E-state index in [0.29, 0.717) is 12.1 Å². The van der Waals surface area contributed by atoms with Crippen molar-refractivity contribution in [2.75, 3.05) is 6.54 Å². The molecule has 6 nitrogen and oxygen atoms in total. The van der Waals surface area contributed by atoms with Crippen LogP contribution in [0.3, 0.4) is 0 Å². The summed E-state index contributed by atoms with van der Waals surface area (Å²) in [5.74, 6) is -0.739. The van der Waals surface area contributed by atoms with E-state index in [1.807, 2.05) is 0 Å². The Kier molecular flexibility index (Phi) is 5.90. The second-order valence-corrected chi connectivity index (χ2v) is 6.26. The number of hydrogen-bond acceptors (Lipinski definition) is 4. The molecule has 0 N–H and O–H groups in total. The summed E-state index contributed by atoms with van der Waals surface area (Å²) in [7, 11) is 0. The molecular formula is C19H17F4N5O. The SMILES string of the molecule is CCN(Cc1cccc(F)c1)C(=O)Cn1nnc(-c2cccc(C(F)(F)F)c2)n1. The Hall–Kier alpha value is -3.30. The molecule has 1 amide bonds. The van der Waals surface area contributed by atoms with Gasteiger partial charge >= 0.3 is 6.18 Å². The molecule has 0 aliphatic heterocycles. The van der Waals surface area contributed by atoms with Crippen molar-refractivity contribution in [2.45, 2.75) is 26.2 Å². The molecule has 0 bridgehead atoms. The van der Waals surface area contributed by atoms with Gasteiger partial charge in [0.05, 0.1) is 5.56 Å². The van der Waals surface area contributed by atoms with Crippen molar-refractivity contribution in [1.29, 1.82) is 0 Å². The number of nitrogens with zero attached hydrogens (tertiary/aromatic N) is 5. The number of hydrogen-bond donors (Lipinski definition) is 0. The fraction of sp³-hybridized carbons (Fsp3) is 0.263. The molecule has 29 heavy (non-hydrogen) atoms. The largest absolute Gasteiger partial charge is 0.416 e. The van der Waals surface area contributed by atoms with Crippen molar-refractivity contribution in [3.63, 3.8) is 0 Å². The maximum Gasteiger partial charge on any atom is 0.416 e. The summed E-state index contributed by atoms with van der Waals surface area (Å²) in [6.07, 6.45) is -4.49. The van der Waals surface area contributed by atoms with E-state index in [0.717, 1.165) is 16.9 Å². The van der Waals surface area contributed by atoms with E-state index in [4.69, 9.17) is 0 Å². The number of likely N-dealkylation sites (N-methyl/N-ethyl adjacent to an activating group) is 1. The highest BCUT2D eigenvalue weighted by atomic mass is 19.4. The summed E-state index contributed by atoms with van der Waals surface area (Å²) in [6.45, 7) is 2.13. The maximum absolute atomic E-state index is 13.3. The average Bonchev–Trinajstić information content (AvgIpc) is 3.14. The quantitative estimate of drug-likeness (QED) is 0.587. The van der Waals surface area contributed by atoms with Gasteiger partial charge in [-0.3, -0.25) is 4.79 Å². The Morgan fingerprint density at radius 1 is 1.14 bits per heavy atom. The molecule has 0 radical (unpaired) electrons. The number of carbonyl (C=O) groups is 1. The standard InChI is InChI=1S/C19H17F4N5O/c1-2-27(11-13-5-3-8-16(20)9-13)17(29)12-28-25-18(24-26-28)14-6-4-7-15(10-14)19(21,22)23/h3-10H,2,11-12H2,1H3. The number of amides is 1. The van der Waals surface area contributed by atoms with Gasteiger partial charge < -0.3 is 4.90 Å². The summed E-state index contributed by atoms with van der Waals surface area (Å²) in [6, 6.07) is 10.5. The summed E-state index contributed by atoms with van der Waals surface area (Å²) in [5.41, 5.74) is -0.0447. The van der Waals surface area contributed by atoms with Gasteiger partial charge in [-0.1, -0.05) is 24.3 Å². The van der Waals surface area contributed by atoms with Crippen LogP contribution in [-0.2, 0) is 24.1 Å². The minimum absolute atomic E-state index is 0.0166. The van der Waals surface area contributed by atoms with Crippen LogP contribution in [0, 0.1) is 5.82 Å². The van der Waals surface area contributed by atoms with Crippen LogP contribution in [0.4, 0.5) is 17.6 Å². The molecule has 0 aliphatic rings. The number of carbonyl (C=O) groups excluding carboxylic acids is 1. The van der Waals surface area contributed by atoms with Crippen LogP contribution >= 0.6 is 0 Å². The number of tetrazole rings is 1. The summed E-state index contributed by atoms with van der Waals surface area (Å²) >= 11 is 0. The lowest BCUT2D eigenvalue weighted by Crippen LogP contribution is -2.33. The first-order chi connectivity index (χ1) is 13.8. The van der Waals surface area contributed by atoms with E-state index in [1.54, 1.807) is 19.1 Å². The first kappa shape index (κ1) is 20.4. The molecule has 1 heterocycles. The molecule has 3 rings (SSSR count). The van der Waals surface area contributed by atoms with E-state index >= 15 is 0 Å². The Balaban J connectivity index is 1.71. The van der Waals surface area contributed by atoms with Gasteiger partial charge in [0, 0.05) is 18.7 Å². The van der Waals surface area contributed by atoms with E-state index < -0.39 is 17.6 Å². The van der Waals surface area contributed by atoms with Crippen molar-refractivity contribution in [3.05, 3.63) is 65.5 Å². The van der Waals surface area contributed by atoms with Gasteiger partial charge in [-0.25, -0.2) is 4.39 Å². The Labute approximate surface area is 163 Å². The molecule has 10 heteroatoms. The molecule has 0 saturated carbocycles. The van der Waals surface area contributed by atoms with Gasteiger partial charge in [0.2, 0.25) is 11.7 Å². The van der Waals surface area contributed by atoms with Crippen molar-refractivity contribution in [2.24, 2.45) is 0 Å². The van der Waals surface area contributed by atoms with Crippen LogP contribution in [0.1, 0.15) is 18.1 Å².